The molecule has 2 aromatic carbocycles. The summed E-state index contributed by atoms with van der Waals surface area (Å²) in [5.74, 6) is 4.34. The van der Waals surface area contributed by atoms with Gasteiger partial charge in [0.25, 0.3) is 0 Å². The molecule has 52 heavy (non-hydrogen) atoms. The molecule has 7 rings (SSSR count). The number of rotatable bonds is 18. The van der Waals surface area contributed by atoms with E-state index in [9.17, 15) is 0 Å². The molecule has 0 aromatic heterocycles. The Kier molecular flexibility index (Phi) is 12.5. The Bertz CT molecular complexity index is 1440. The zero-order valence-electron chi connectivity index (χ0n) is 34.5. The minimum absolute atomic E-state index is 0.0420. The summed E-state index contributed by atoms with van der Waals surface area (Å²) in [5.41, 5.74) is 5.12. The highest BCUT2D eigenvalue weighted by molar-refractivity contribution is 6.64. The maximum atomic E-state index is 6.80. The molecule has 288 valence electrons. The van der Waals surface area contributed by atoms with Gasteiger partial charge in [-0.3, -0.25) is 0 Å². The third-order valence-corrected chi connectivity index (χ3v) is 13.5. The molecule has 0 atom stereocenters. The Hall–Kier alpha value is -2.02. The van der Waals surface area contributed by atoms with E-state index in [2.05, 4.69) is 85.7 Å². The molecule has 4 saturated carbocycles. The summed E-state index contributed by atoms with van der Waals surface area (Å²) < 4.78 is 32.5. The molecule has 0 N–H and O–H groups in total. The predicted molar refractivity (Wildman–Crippen MR) is 216 cm³/mol. The van der Waals surface area contributed by atoms with Gasteiger partial charge in [-0.15, -0.1) is 0 Å². The highest BCUT2D eigenvalue weighted by atomic mass is 16.7. The fourth-order valence-corrected chi connectivity index (χ4v) is 10.2. The van der Waals surface area contributed by atoms with Crippen LogP contribution < -0.4 is 14.9 Å². The summed E-state index contributed by atoms with van der Waals surface area (Å²) in [7, 11) is 1.22. The first-order valence-corrected chi connectivity index (χ1v) is 21.2. The van der Waals surface area contributed by atoms with E-state index >= 15 is 0 Å². The molecular weight excluding hydrogens is 643 g/mol. The lowest BCUT2D eigenvalue weighted by Crippen LogP contribution is -2.48. The van der Waals surface area contributed by atoms with E-state index in [1.807, 2.05) is 0 Å². The molecule has 0 amide bonds. The van der Waals surface area contributed by atoms with Crippen molar-refractivity contribution in [2.45, 2.75) is 180 Å². The van der Waals surface area contributed by atoms with Gasteiger partial charge in [0.15, 0.2) is 6.79 Å². The summed E-state index contributed by atoms with van der Waals surface area (Å²) in [6.07, 6.45) is 21.1. The average molecular weight is 715 g/mol. The number of unbranched alkanes of at least 4 members (excludes halogenated alkanes) is 9. The van der Waals surface area contributed by atoms with Crippen molar-refractivity contribution in [1.82, 2.24) is 0 Å². The van der Waals surface area contributed by atoms with Crippen LogP contribution >= 0.6 is 0 Å². The molecular formula is C46H71BO5. The van der Waals surface area contributed by atoms with Crippen molar-refractivity contribution in [1.29, 1.82) is 0 Å². The molecule has 0 unspecified atom stereocenters. The molecule has 1 aliphatic heterocycles. The van der Waals surface area contributed by atoms with Gasteiger partial charge in [-0.25, -0.2) is 0 Å². The predicted octanol–water partition coefficient (Wildman–Crippen LogP) is 11.7. The molecule has 5 aliphatic rings. The third kappa shape index (κ3) is 8.76. The quantitative estimate of drug-likeness (QED) is 0.0874. The molecule has 4 bridgehead atoms. The molecule has 5 nitrogen and oxygen atoms in total. The van der Waals surface area contributed by atoms with E-state index in [1.165, 1.54) is 107 Å². The van der Waals surface area contributed by atoms with E-state index in [4.69, 9.17) is 23.5 Å². The normalized spacial score (nSPS) is 25.9. The Balaban J connectivity index is 1.34. The van der Waals surface area contributed by atoms with Crippen LogP contribution in [0, 0.1) is 17.8 Å². The van der Waals surface area contributed by atoms with Gasteiger partial charge in [-0.2, -0.15) is 0 Å². The fraction of sp³-hybridized carbons (Fsp3) is 0.739. The molecule has 2 aromatic rings. The average Bonchev–Trinajstić information content (AvgIpc) is 3.30. The van der Waals surface area contributed by atoms with Gasteiger partial charge in [0.2, 0.25) is 0 Å². The minimum Gasteiger partial charge on any atom is -0.494 e. The Labute approximate surface area is 317 Å². The molecule has 6 heteroatoms. The molecule has 0 radical (unpaired) electrons. The lowest BCUT2D eigenvalue weighted by molar-refractivity contribution is -0.00881. The first-order valence-electron chi connectivity index (χ1n) is 21.2. The molecule has 1 heterocycles. The number of hydrogen-bond acceptors (Lipinski definition) is 5. The first kappa shape index (κ1) is 39.7. The summed E-state index contributed by atoms with van der Waals surface area (Å²) in [5, 5.41) is 0. The zero-order chi connectivity index (χ0) is 37.1. The highest BCUT2D eigenvalue weighted by Gasteiger charge is 2.54. The monoisotopic (exact) mass is 715 g/mol. The second-order valence-electron chi connectivity index (χ2n) is 19.3. The highest BCUT2D eigenvalue weighted by Crippen LogP contribution is 2.63. The number of hydrogen-bond donors (Lipinski definition) is 0. The van der Waals surface area contributed by atoms with Crippen LogP contribution in [0.15, 0.2) is 30.3 Å². The van der Waals surface area contributed by atoms with Crippen LogP contribution in [0.5, 0.6) is 11.5 Å². The summed E-state index contributed by atoms with van der Waals surface area (Å²) in [6.45, 7) is 18.8. The largest absolute Gasteiger partial charge is 0.495 e. The topological polar surface area (TPSA) is 46.2 Å². The smallest absolute Gasteiger partial charge is 0.494 e. The van der Waals surface area contributed by atoms with Crippen molar-refractivity contribution >= 4 is 12.6 Å². The van der Waals surface area contributed by atoms with Crippen molar-refractivity contribution in [3.05, 3.63) is 41.5 Å². The van der Waals surface area contributed by atoms with Crippen molar-refractivity contribution in [3.8, 4) is 22.6 Å². The fourth-order valence-electron chi connectivity index (χ4n) is 10.2. The Morgan fingerprint density at radius 2 is 1.27 bits per heavy atom. The van der Waals surface area contributed by atoms with Gasteiger partial charge in [0.05, 0.1) is 17.8 Å². The molecule has 0 spiro atoms. The standard InChI is InChI=1S/C46H71BO5/c1-10-11-12-13-14-15-16-17-18-19-22-49-37-20-21-41(47-51-44(5,6)45(7,8)52-47)38(28-37)39-26-36(43(2,3)4)27-40(42(39)50-32-48-9)46-29-33-23-34(30-46)25-35(24-33)31-46/h20-21,26-28,33-35H,10-19,22-25,29-32H2,1-9H3. The SMILES string of the molecule is CCCCCCCCCCCCOc1ccc(B2OC(C)(C)C(C)(C)O2)c(-c2cc(C(C)(C)C)cc(C34CC5CC(CC(C5)C3)C4)c2OCOC)c1. The molecule has 1 saturated heterocycles. The van der Waals surface area contributed by atoms with Gasteiger partial charge in [-0.1, -0.05) is 97.6 Å². The minimum atomic E-state index is -0.507. The Morgan fingerprint density at radius 1 is 0.712 bits per heavy atom. The molecule has 4 aliphatic carbocycles. The van der Waals surface area contributed by atoms with Gasteiger partial charge >= 0.3 is 7.12 Å². The van der Waals surface area contributed by atoms with Gasteiger partial charge in [-0.05, 0) is 136 Å². The maximum Gasteiger partial charge on any atom is 0.495 e. The first-order chi connectivity index (χ1) is 24.7. The van der Waals surface area contributed by atoms with E-state index in [0.29, 0.717) is 0 Å². The van der Waals surface area contributed by atoms with Crippen LogP contribution in [0.4, 0.5) is 0 Å². The molecule has 5 fully saturated rings. The summed E-state index contributed by atoms with van der Waals surface area (Å²) >= 11 is 0. The van der Waals surface area contributed by atoms with Gasteiger partial charge in [0, 0.05) is 18.2 Å². The second-order valence-corrected chi connectivity index (χ2v) is 19.3. The maximum absolute atomic E-state index is 6.80. The van der Waals surface area contributed by atoms with Gasteiger partial charge < -0.3 is 23.5 Å². The van der Waals surface area contributed by atoms with Crippen molar-refractivity contribution in [2.75, 3.05) is 20.5 Å². The van der Waals surface area contributed by atoms with E-state index in [-0.39, 0.29) is 17.6 Å². The van der Waals surface area contributed by atoms with Crippen LogP contribution in [-0.4, -0.2) is 38.8 Å². The van der Waals surface area contributed by atoms with Crippen LogP contribution in [0.2, 0.25) is 0 Å². The number of benzene rings is 2. The lowest BCUT2D eigenvalue weighted by atomic mass is 9.47. The lowest BCUT2D eigenvalue weighted by Gasteiger charge is -2.57. The second kappa shape index (κ2) is 16.4. The van der Waals surface area contributed by atoms with Crippen LogP contribution in [0.1, 0.15) is 169 Å². The van der Waals surface area contributed by atoms with Crippen LogP contribution in [0.25, 0.3) is 11.1 Å². The number of ether oxygens (including phenoxy) is 3. The van der Waals surface area contributed by atoms with Crippen molar-refractivity contribution < 1.29 is 23.5 Å². The van der Waals surface area contributed by atoms with Crippen molar-refractivity contribution in [2.24, 2.45) is 17.8 Å². The van der Waals surface area contributed by atoms with Crippen molar-refractivity contribution in [3.63, 3.8) is 0 Å². The number of methoxy groups -OCH3 is 1. The van der Waals surface area contributed by atoms with Gasteiger partial charge in [0.1, 0.15) is 11.5 Å². The Morgan fingerprint density at radius 3 is 1.81 bits per heavy atom. The zero-order valence-corrected chi connectivity index (χ0v) is 34.5. The van der Waals surface area contributed by atoms with E-state index in [0.717, 1.165) is 58.9 Å². The van der Waals surface area contributed by atoms with E-state index in [1.54, 1.807) is 7.11 Å². The summed E-state index contributed by atoms with van der Waals surface area (Å²) in [4.78, 5) is 0. The third-order valence-electron chi connectivity index (χ3n) is 13.5. The van der Waals surface area contributed by atoms with E-state index < -0.39 is 18.3 Å². The van der Waals surface area contributed by atoms with Crippen LogP contribution in [0.3, 0.4) is 0 Å². The summed E-state index contributed by atoms with van der Waals surface area (Å²) in [6, 6.07) is 11.4. The van der Waals surface area contributed by atoms with Crippen LogP contribution in [-0.2, 0) is 24.9 Å².